The first-order chi connectivity index (χ1) is 13.8. The van der Waals surface area contributed by atoms with E-state index in [-0.39, 0.29) is 35.2 Å². The van der Waals surface area contributed by atoms with Crippen LogP contribution in [0.5, 0.6) is 0 Å². The first-order valence-electron chi connectivity index (χ1n) is 10.5. The Morgan fingerprint density at radius 3 is 2.41 bits per heavy atom. The van der Waals surface area contributed by atoms with Crippen molar-refractivity contribution in [3.63, 3.8) is 0 Å². The number of likely N-dealkylation sites (tertiary alicyclic amines) is 1. The van der Waals surface area contributed by atoms with Gasteiger partial charge in [0.2, 0.25) is 10.0 Å². The molecule has 6 nitrogen and oxygen atoms in total. The van der Waals surface area contributed by atoms with Crippen molar-refractivity contribution < 1.29 is 22.3 Å². The number of sulfonamides is 1. The molecule has 1 aromatic carbocycles. The van der Waals surface area contributed by atoms with Gasteiger partial charge in [-0.15, -0.1) is 0 Å². The van der Waals surface area contributed by atoms with Crippen molar-refractivity contribution >= 4 is 15.9 Å². The molecule has 160 valence electrons. The van der Waals surface area contributed by atoms with Gasteiger partial charge in [-0.05, 0) is 69.7 Å². The summed E-state index contributed by atoms with van der Waals surface area (Å²) in [7, 11) is -3.23. The summed E-state index contributed by atoms with van der Waals surface area (Å²) in [4.78, 5) is 14.5. The molecule has 2 heterocycles. The molecule has 1 saturated carbocycles. The molecule has 4 rings (SSSR count). The van der Waals surface area contributed by atoms with Crippen LogP contribution in [0.4, 0.5) is 4.39 Å². The molecule has 1 aliphatic carbocycles. The fourth-order valence-electron chi connectivity index (χ4n) is 4.69. The van der Waals surface area contributed by atoms with Crippen LogP contribution in [0.2, 0.25) is 0 Å². The van der Waals surface area contributed by atoms with Crippen LogP contribution < -0.4 is 0 Å². The Labute approximate surface area is 172 Å². The maximum atomic E-state index is 13.1. The summed E-state index contributed by atoms with van der Waals surface area (Å²) in [5.41, 5.74) is 0.123. The predicted molar refractivity (Wildman–Crippen MR) is 108 cm³/mol. The van der Waals surface area contributed by atoms with E-state index in [1.54, 1.807) is 16.1 Å². The molecule has 3 aliphatic rings. The molecule has 1 atom stereocenters. The van der Waals surface area contributed by atoms with Crippen molar-refractivity contribution in [1.29, 1.82) is 0 Å². The quantitative estimate of drug-likeness (QED) is 0.729. The van der Waals surface area contributed by atoms with E-state index in [2.05, 4.69) is 0 Å². The topological polar surface area (TPSA) is 66.9 Å². The average Bonchev–Trinajstić information content (AvgIpc) is 3.54. The lowest BCUT2D eigenvalue weighted by atomic mass is 9.82. The molecular weight excluding hydrogens is 395 g/mol. The van der Waals surface area contributed by atoms with Gasteiger partial charge in [0.15, 0.2) is 0 Å². The zero-order valence-corrected chi connectivity index (χ0v) is 17.7. The maximum Gasteiger partial charge on any atom is 0.253 e. The van der Waals surface area contributed by atoms with Crippen molar-refractivity contribution in [2.45, 2.75) is 63.1 Å². The fourth-order valence-corrected chi connectivity index (χ4v) is 6.29. The Balaban J connectivity index is 1.42. The Hall–Kier alpha value is -1.51. The summed E-state index contributed by atoms with van der Waals surface area (Å²) >= 11 is 0. The van der Waals surface area contributed by atoms with Crippen molar-refractivity contribution in [2.75, 3.05) is 25.4 Å². The third-order valence-electron chi connectivity index (χ3n) is 6.47. The number of hydrogen-bond donors (Lipinski definition) is 0. The number of ether oxygens (including phenoxy) is 1. The molecule has 1 spiro atoms. The van der Waals surface area contributed by atoms with Crippen LogP contribution >= 0.6 is 0 Å². The number of rotatable bonds is 5. The van der Waals surface area contributed by atoms with Gasteiger partial charge in [0, 0.05) is 37.3 Å². The normalized spacial score (nSPS) is 24.8. The molecule has 0 aromatic heterocycles. The smallest absolute Gasteiger partial charge is 0.253 e. The summed E-state index contributed by atoms with van der Waals surface area (Å²) in [5.74, 6) is -0.322. The molecule has 3 fully saturated rings. The van der Waals surface area contributed by atoms with Gasteiger partial charge >= 0.3 is 0 Å². The lowest BCUT2D eigenvalue weighted by Crippen LogP contribution is -2.56. The minimum Gasteiger partial charge on any atom is -0.375 e. The minimum absolute atomic E-state index is 0.0134. The van der Waals surface area contributed by atoms with Crippen LogP contribution in [-0.4, -0.2) is 66.7 Å². The first-order valence-corrected chi connectivity index (χ1v) is 12.1. The highest BCUT2D eigenvalue weighted by atomic mass is 32.2. The summed E-state index contributed by atoms with van der Waals surface area (Å²) < 4.78 is 46.4. The largest absolute Gasteiger partial charge is 0.375 e. The van der Waals surface area contributed by atoms with Gasteiger partial charge < -0.3 is 9.64 Å². The second-order valence-electron chi connectivity index (χ2n) is 8.44. The number of carbonyl (C=O) groups excluding carboxylic acids is 1. The Kier molecular flexibility index (Phi) is 5.70. The zero-order valence-electron chi connectivity index (χ0n) is 16.8. The molecule has 2 aliphatic heterocycles. The van der Waals surface area contributed by atoms with Gasteiger partial charge in [0.25, 0.3) is 5.91 Å². The third kappa shape index (κ3) is 4.34. The van der Waals surface area contributed by atoms with Gasteiger partial charge in [0.05, 0.1) is 11.4 Å². The van der Waals surface area contributed by atoms with E-state index in [9.17, 15) is 17.6 Å². The van der Waals surface area contributed by atoms with E-state index in [1.807, 2.05) is 0 Å². The summed E-state index contributed by atoms with van der Waals surface area (Å²) in [6, 6.07) is 5.76. The minimum atomic E-state index is -3.23. The molecule has 0 bridgehead atoms. The van der Waals surface area contributed by atoms with Crippen LogP contribution in [0.25, 0.3) is 0 Å². The Bertz CT molecular complexity index is 846. The molecule has 2 saturated heterocycles. The number of amides is 1. The first kappa shape index (κ1) is 20.8. The lowest BCUT2D eigenvalue weighted by Gasteiger charge is -2.48. The predicted octanol–water partition coefficient (Wildman–Crippen LogP) is 2.79. The van der Waals surface area contributed by atoms with Crippen LogP contribution in [0, 0.1) is 5.82 Å². The van der Waals surface area contributed by atoms with Crippen LogP contribution in [-0.2, 0) is 14.8 Å². The van der Waals surface area contributed by atoms with E-state index in [1.165, 1.54) is 24.3 Å². The second-order valence-corrected chi connectivity index (χ2v) is 10.6. The highest BCUT2D eigenvalue weighted by Crippen LogP contribution is 2.41. The molecule has 29 heavy (non-hydrogen) atoms. The summed E-state index contributed by atoms with van der Waals surface area (Å²) in [5, 5.41) is 0. The molecule has 1 aromatic rings. The van der Waals surface area contributed by atoms with E-state index < -0.39 is 10.0 Å². The maximum absolute atomic E-state index is 13.1. The highest BCUT2D eigenvalue weighted by Gasteiger charge is 2.48. The number of benzene rings is 1. The summed E-state index contributed by atoms with van der Waals surface area (Å²) in [6.07, 6.45) is 4.71. The van der Waals surface area contributed by atoms with Gasteiger partial charge in [-0.1, -0.05) is 0 Å². The highest BCUT2D eigenvalue weighted by molar-refractivity contribution is 7.89. The monoisotopic (exact) mass is 424 g/mol. The SMILES string of the molecule is CCS(=O)(=O)N(C1CC1)C1CCOC2(CCN(C(=O)c3ccc(F)cc3)CC2)C1. The van der Waals surface area contributed by atoms with Gasteiger partial charge in [0.1, 0.15) is 5.82 Å². The van der Waals surface area contributed by atoms with Crippen LogP contribution in [0.1, 0.15) is 55.8 Å². The van der Waals surface area contributed by atoms with Crippen LogP contribution in [0.3, 0.4) is 0 Å². The number of piperidine rings is 1. The standard InChI is InChI=1S/C21H29FN2O4S/c1-2-29(26,27)24(18-7-8-18)19-9-14-28-21(15-19)10-12-23(13-11-21)20(25)16-3-5-17(22)6-4-16/h3-6,18-19H,2,7-15H2,1H3. The lowest BCUT2D eigenvalue weighted by molar-refractivity contribution is -0.123. The molecule has 0 N–H and O–H groups in total. The fraction of sp³-hybridized carbons (Fsp3) is 0.667. The zero-order chi connectivity index (χ0) is 20.6. The third-order valence-corrected chi connectivity index (χ3v) is 8.44. The molecule has 1 amide bonds. The number of hydrogen-bond acceptors (Lipinski definition) is 4. The van der Waals surface area contributed by atoms with Gasteiger partial charge in [-0.2, -0.15) is 4.31 Å². The number of carbonyl (C=O) groups is 1. The van der Waals surface area contributed by atoms with Gasteiger partial charge in [-0.25, -0.2) is 12.8 Å². The van der Waals surface area contributed by atoms with Crippen LogP contribution in [0.15, 0.2) is 24.3 Å². The average molecular weight is 425 g/mol. The van der Waals surface area contributed by atoms with Crippen molar-refractivity contribution in [2.24, 2.45) is 0 Å². The molecule has 0 radical (unpaired) electrons. The van der Waals surface area contributed by atoms with Gasteiger partial charge in [-0.3, -0.25) is 4.79 Å². The van der Waals surface area contributed by atoms with Crippen molar-refractivity contribution in [3.8, 4) is 0 Å². The molecule has 8 heteroatoms. The molecular formula is C21H29FN2O4S. The van der Waals surface area contributed by atoms with Crippen molar-refractivity contribution in [1.82, 2.24) is 9.21 Å². The molecule has 1 unspecified atom stereocenters. The van der Waals surface area contributed by atoms with E-state index >= 15 is 0 Å². The number of halogens is 1. The summed E-state index contributed by atoms with van der Waals surface area (Å²) in [6.45, 7) is 3.39. The van der Waals surface area contributed by atoms with Crippen molar-refractivity contribution in [3.05, 3.63) is 35.6 Å². The Morgan fingerprint density at radius 2 is 1.83 bits per heavy atom. The Morgan fingerprint density at radius 1 is 1.17 bits per heavy atom. The van der Waals surface area contributed by atoms with E-state index in [0.29, 0.717) is 44.5 Å². The second kappa shape index (κ2) is 7.96. The van der Waals surface area contributed by atoms with E-state index in [4.69, 9.17) is 4.74 Å². The van der Waals surface area contributed by atoms with E-state index in [0.717, 1.165) is 19.3 Å². The number of nitrogens with zero attached hydrogens (tertiary/aromatic N) is 2.